The lowest BCUT2D eigenvalue weighted by molar-refractivity contribution is -0.121. The Morgan fingerprint density at radius 2 is 2.10 bits per heavy atom. The Morgan fingerprint density at radius 3 is 2.93 bits per heavy atom. The molecule has 1 aliphatic carbocycles. The average Bonchev–Trinajstić information content (AvgIpc) is 3.38. The van der Waals surface area contributed by atoms with Crippen molar-refractivity contribution in [2.24, 2.45) is 0 Å². The van der Waals surface area contributed by atoms with E-state index >= 15 is 0 Å². The van der Waals surface area contributed by atoms with E-state index in [1.165, 1.54) is 40.9 Å². The van der Waals surface area contributed by atoms with Crippen LogP contribution in [0.25, 0.3) is 11.4 Å². The lowest BCUT2D eigenvalue weighted by atomic mass is 10.0. The van der Waals surface area contributed by atoms with E-state index in [2.05, 4.69) is 15.5 Å². The number of fused-ring (bicyclic) bond motifs is 1. The van der Waals surface area contributed by atoms with Gasteiger partial charge in [-0.05, 0) is 62.8 Å². The van der Waals surface area contributed by atoms with Crippen LogP contribution >= 0.6 is 11.3 Å². The third-order valence-corrected chi connectivity index (χ3v) is 6.45. The van der Waals surface area contributed by atoms with E-state index < -0.39 is 0 Å². The molecule has 0 saturated carbocycles. The Balaban J connectivity index is 1.18. The Hall–Kier alpha value is -2.61. The average molecular weight is 429 g/mol. The summed E-state index contributed by atoms with van der Waals surface area (Å²) >= 11 is 1.83. The van der Waals surface area contributed by atoms with Gasteiger partial charge in [0.05, 0.1) is 10.7 Å². The topological polar surface area (TPSA) is 80.9 Å². The van der Waals surface area contributed by atoms with E-state index in [-0.39, 0.29) is 18.1 Å². The number of amides is 1. The molecule has 6 nitrogen and oxygen atoms in total. The Labute approximate surface area is 178 Å². The first-order chi connectivity index (χ1) is 14.6. The van der Waals surface area contributed by atoms with Gasteiger partial charge in [-0.15, -0.1) is 11.3 Å². The van der Waals surface area contributed by atoms with Gasteiger partial charge in [0, 0.05) is 36.2 Å². The predicted octanol–water partition coefficient (Wildman–Crippen LogP) is 4.20. The van der Waals surface area contributed by atoms with Crippen LogP contribution in [0.15, 0.2) is 22.7 Å². The first-order valence-corrected chi connectivity index (χ1v) is 11.2. The molecule has 2 aromatic heterocycles. The summed E-state index contributed by atoms with van der Waals surface area (Å²) in [5, 5.41) is 8.05. The normalized spacial score (nSPS) is 13.3. The molecule has 0 radical (unpaired) electrons. The molecule has 1 amide bonds. The zero-order valence-electron chi connectivity index (χ0n) is 17.0. The quantitative estimate of drug-likeness (QED) is 0.544. The Morgan fingerprint density at radius 1 is 1.23 bits per heavy atom. The fraction of sp³-hybridized carbons (Fsp3) is 0.455. The molecule has 0 fully saturated rings. The highest BCUT2D eigenvalue weighted by atomic mass is 32.1. The first-order valence-electron chi connectivity index (χ1n) is 10.4. The summed E-state index contributed by atoms with van der Waals surface area (Å²) < 4.78 is 18.6. The van der Waals surface area contributed by atoms with Crippen molar-refractivity contribution in [2.45, 2.75) is 58.3 Å². The molecule has 0 unspecified atom stereocenters. The number of hydrogen-bond donors (Lipinski definition) is 1. The van der Waals surface area contributed by atoms with Crippen LogP contribution < -0.4 is 5.32 Å². The number of nitrogens with one attached hydrogen (secondary N) is 1. The fourth-order valence-electron chi connectivity index (χ4n) is 3.55. The van der Waals surface area contributed by atoms with Crippen molar-refractivity contribution < 1.29 is 13.7 Å². The standard InChI is InChI=1S/C22H25FN4O2S/c1-14-13-15(8-9-16(14)23)22-26-20(29-27-22)11-10-19(28)24-12-4-7-21-25-17-5-2-3-6-18(17)30-21/h8-9,13H,2-7,10-12H2,1H3,(H,24,28). The van der Waals surface area contributed by atoms with E-state index in [1.807, 2.05) is 11.3 Å². The van der Waals surface area contributed by atoms with Crippen molar-refractivity contribution in [2.75, 3.05) is 6.54 Å². The zero-order chi connectivity index (χ0) is 20.9. The van der Waals surface area contributed by atoms with Crippen molar-refractivity contribution in [3.05, 3.63) is 51.0 Å². The monoisotopic (exact) mass is 428 g/mol. The van der Waals surface area contributed by atoms with Crippen molar-refractivity contribution in [3.8, 4) is 11.4 Å². The summed E-state index contributed by atoms with van der Waals surface area (Å²) in [6.07, 6.45) is 7.25. The lowest BCUT2D eigenvalue weighted by Gasteiger charge is -2.06. The molecule has 1 N–H and O–H groups in total. The fourth-order valence-corrected chi connectivity index (χ4v) is 4.74. The van der Waals surface area contributed by atoms with Crippen LogP contribution in [0.5, 0.6) is 0 Å². The van der Waals surface area contributed by atoms with Gasteiger partial charge >= 0.3 is 0 Å². The third-order valence-electron chi connectivity index (χ3n) is 5.23. The molecule has 3 aromatic rings. The molecule has 0 aliphatic heterocycles. The SMILES string of the molecule is Cc1cc(-c2noc(CCC(=O)NCCCc3nc4c(s3)CCCC4)n2)ccc1F. The van der Waals surface area contributed by atoms with E-state index in [0.29, 0.717) is 35.8 Å². The molecule has 2 heterocycles. The van der Waals surface area contributed by atoms with Crippen molar-refractivity contribution >= 4 is 17.2 Å². The summed E-state index contributed by atoms with van der Waals surface area (Å²) in [5.41, 5.74) is 2.51. The highest BCUT2D eigenvalue weighted by Crippen LogP contribution is 2.27. The maximum atomic E-state index is 13.4. The number of aryl methyl sites for hydroxylation is 5. The van der Waals surface area contributed by atoms with Crippen LogP contribution in [0.1, 0.15) is 52.7 Å². The maximum absolute atomic E-state index is 13.4. The molecule has 0 saturated heterocycles. The second kappa shape index (κ2) is 9.47. The van der Waals surface area contributed by atoms with Gasteiger partial charge in [0.15, 0.2) is 0 Å². The molecule has 0 atom stereocenters. The van der Waals surface area contributed by atoms with Crippen LogP contribution in [0.3, 0.4) is 0 Å². The smallest absolute Gasteiger partial charge is 0.227 e. The van der Waals surface area contributed by atoms with Gasteiger partial charge in [0.2, 0.25) is 17.6 Å². The molecule has 1 aliphatic rings. The Bertz CT molecular complexity index is 1010. The van der Waals surface area contributed by atoms with Gasteiger partial charge in [-0.2, -0.15) is 4.98 Å². The molecular formula is C22H25FN4O2S. The summed E-state index contributed by atoms with van der Waals surface area (Å²) in [5.74, 6) is 0.495. The molecule has 1 aromatic carbocycles. The number of aromatic nitrogens is 3. The number of nitrogens with zero attached hydrogens (tertiary/aromatic N) is 3. The molecule has 158 valence electrons. The minimum Gasteiger partial charge on any atom is -0.356 e. The van der Waals surface area contributed by atoms with Crippen LogP contribution in [-0.2, 0) is 30.5 Å². The number of halogens is 1. The van der Waals surface area contributed by atoms with Crippen LogP contribution in [0.2, 0.25) is 0 Å². The van der Waals surface area contributed by atoms with Gasteiger partial charge in [-0.25, -0.2) is 9.37 Å². The molecule has 0 spiro atoms. The third kappa shape index (κ3) is 5.11. The molecule has 8 heteroatoms. The van der Waals surface area contributed by atoms with E-state index in [1.54, 1.807) is 19.1 Å². The number of carbonyl (C=O) groups is 1. The number of benzene rings is 1. The first kappa shape index (κ1) is 20.7. The van der Waals surface area contributed by atoms with Crippen LogP contribution in [-0.4, -0.2) is 27.6 Å². The minimum atomic E-state index is -0.270. The van der Waals surface area contributed by atoms with Crippen molar-refractivity contribution in [1.82, 2.24) is 20.4 Å². The summed E-state index contributed by atoms with van der Waals surface area (Å²) in [7, 11) is 0. The minimum absolute atomic E-state index is 0.0363. The highest BCUT2D eigenvalue weighted by molar-refractivity contribution is 7.11. The van der Waals surface area contributed by atoms with Gasteiger partial charge in [0.1, 0.15) is 5.82 Å². The van der Waals surface area contributed by atoms with Crippen LogP contribution in [0.4, 0.5) is 4.39 Å². The summed E-state index contributed by atoms with van der Waals surface area (Å²) in [6.45, 7) is 2.32. The lowest BCUT2D eigenvalue weighted by Crippen LogP contribution is -2.25. The maximum Gasteiger partial charge on any atom is 0.227 e. The van der Waals surface area contributed by atoms with Crippen molar-refractivity contribution in [3.63, 3.8) is 0 Å². The van der Waals surface area contributed by atoms with Crippen LogP contribution in [0, 0.1) is 12.7 Å². The predicted molar refractivity (Wildman–Crippen MR) is 113 cm³/mol. The zero-order valence-corrected chi connectivity index (χ0v) is 17.9. The van der Waals surface area contributed by atoms with Gasteiger partial charge < -0.3 is 9.84 Å². The van der Waals surface area contributed by atoms with E-state index in [9.17, 15) is 9.18 Å². The van der Waals surface area contributed by atoms with Gasteiger partial charge in [-0.3, -0.25) is 4.79 Å². The molecule has 30 heavy (non-hydrogen) atoms. The second-order valence-corrected chi connectivity index (χ2v) is 8.78. The second-order valence-electron chi connectivity index (χ2n) is 7.61. The summed E-state index contributed by atoms with van der Waals surface area (Å²) in [6, 6.07) is 4.67. The highest BCUT2D eigenvalue weighted by Gasteiger charge is 2.15. The molecule has 0 bridgehead atoms. The van der Waals surface area contributed by atoms with E-state index in [4.69, 9.17) is 9.51 Å². The summed E-state index contributed by atoms with van der Waals surface area (Å²) in [4.78, 5) is 22.6. The number of rotatable bonds is 8. The number of thiazole rings is 1. The van der Waals surface area contributed by atoms with Gasteiger partial charge in [0.25, 0.3) is 0 Å². The molecule has 4 rings (SSSR count). The number of carbonyl (C=O) groups excluding carboxylic acids is 1. The van der Waals surface area contributed by atoms with E-state index in [0.717, 1.165) is 19.3 Å². The number of hydrogen-bond acceptors (Lipinski definition) is 6. The van der Waals surface area contributed by atoms with Crippen molar-refractivity contribution in [1.29, 1.82) is 0 Å². The largest absolute Gasteiger partial charge is 0.356 e. The van der Waals surface area contributed by atoms with Gasteiger partial charge in [-0.1, -0.05) is 5.16 Å². The Kier molecular flexibility index (Phi) is 6.52. The molecular weight excluding hydrogens is 403 g/mol.